The number of amides is 1. The summed E-state index contributed by atoms with van der Waals surface area (Å²) < 4.78 is 5.38. The molecule has 0 aliphatic rings. The van der Waals surface area contributed by atoms with E-state index in [1.165, 1.54) is 6.92 Å². The molecular weight excluding hydrogens is 204 g/mol. The summed E-state index contributed by atoms with van der Waals surface area (Å²) in [5, 5.41) is 5.93. The highest BCUT2D eigenvalue weighted by Gasteiger charge is 1.95. The summed E-state index contributed by atoms with van der Waals surface area (Å²) in [5.74, 6) is 0.844. The molecule has 0 bridgehead atoms. The minimum atomic E-state index is -0.00938. The molecular formula is C12H18N2O2. The van der Waals surface area contributed by atoms with Crippen LogP contribution in [-0.4, -0.2) is 25.6 Å². The number of carbonyl (C=O) groups excluding carboxylic acids is 1. The van der Waals surface area contributed by atoms with Crippen molar-refractivity contribution >= 4 is 11.6 Å². The Kier molecular flexibility index (Phi) is 5.19. The van der Waals surface area contributed by atoms with Crippen molar-refractivity contribution in [2.24, 2.45) is 0 Å². The van der Waals surface area contributed by atoms with Gasteiger partial charge in [-0.05, 0) is 19.1 Å². The number of hydrogen-bond acceptors (Lipinski definition) is 3. The average molecular weight is 222 g/mol. The van der Waals surface area contributed by atoms with Gasteiger partial charge in [-0.3, -0.25) is 4.79 Å². The molecule has 88 valence electrons. The normalized spacial score (nSPS) is 9.62. The lowest BCUT2D eigenvalue weighted by atomic mass is 10.3. The van der Waals surface area contributed by atoms with Crippen LogP contribution < -0.4 is 15.4 Å². The highest BCUT2D eigenvalue weighted by atomic mass is 16.5. The Balaban J connectivity index is 2.35. The predicted octanol–water partition coefficient (Wildman–Crippen LogP) is 1.63. The third-order valence-corrected chi connectivity index (χ3v) is 1.97. The minimum absolute atomic E-state index is 0.00938. The molecule has 0 unspecified atom stereocenters. The van der Waals surface area contributed by atoms with Gasteiger partial charge in [0.2, 0.25) is 5.91 Å². The van der Waals surface area contributed by atoms with Crippen LogP contribution in [-0.2, 0) is 4.79 Å². The lowest BCUT2D eigenvalue weighted by molar-refractivity contribution is -0.118. The van der Waals surface area contributed by atoms with Crippen LogP contribution in [0.1, 0.15) is 13.8 Å². The monoisotopic (exact) mass is 222 g/mol. The number of rotatable bonds is 6. The number of anilines is 1. The van der Waals surface area contributed by atoms with Crippen LogP contribution in [0.4, 0.5) is 5.69 Å². The SMILES string of the molecule is CCOc1cccc(NCCNC(C)=O)c1. The standard InChI is InChI=1S/C12H18N2O2/c1-3-16-12-6-4-5-11(9-12)14-8-7-13-10(2)15/h4-6,9,14H,3,7-8H2,1-2H3,(H,13,15). The first-order chi connectivity index (χ1) is 7.72. The molecule has 4 heteroatoms. The third kappa shape index (κ3) is 4.68. The number of benzene rings is 1. The summed E-state index contributed by atoms with van der Waals surface area (Å²) >= 11 is 0. The van der Waals surface area contributed by atoms with Crippen molar-refractivity contribution in [3.63, 3.8) is 0 Å². The molecule has 16 heavy (non-hydrogen) atoms. The van der Waals surface area contributed by atoms with Crippen molar-refractivity contribution in [2.45, 2.75) is 13.8 Å². The van der Waals surface area contributed by atoms with Crippen LogP contribution in [0.15, 0.2) is 24.3 Å². The molecule has 2 N–H and O–H groups in total. The van der Waals surface area contributed by atoms with Crippen LogP contribution in [0.2, 0.25) is 0 Å². The molecule has 0 aliphatic carbocycles. The zero-order chi connectivity index (χ0) is 11.8. The van der Waals surface area contributed by atoms with Crippen LogP contribution >= 0.6 is 0 Å². The second-order valence-corrected chi connectivity index (χ2v) is 3.37. The summed E-state index contributed by atoms with van der Waals surface area (Å²) in [6.07, 6.45) is 0. The Hall–Kier alpha value is -1.71. The maximum absolute atomic E-state index is 10.6. The number of carbonyl (C=O) groups is 1. The molecule has 0 aromatic heterocycles. The van der Waals surface area contributed by atoms with Crippen molar-refractivity contribution in [1.82, 2.24) is 5.32 Å². The van der Waals surface area contributed by atoms with E-state index in [2.05, 4.69) is 10.6 Å². The maximum Gasteiger partial charge on any atom is 0.216 e. The van der Waals surface area contributed by atoms with Gasteiger partial charge in [-0.2, -0.15) is 0 Å². The molecule has 0 aliphatic heterocycles. The van der Waals surface area contributed by atoms with E-state index in [-0.39, 0.29) is 5.91 Å². The van der Waals surface area contributed by atoms with Gasteiger partial charge >= 0.3 is 0 Å². The van der Waals surface area contributed by atoms with Crippen LogP contribution in [0, 0.1) is 0 Å². The minimum Gasteiger partial charge on any atom is -0.494 e. The second kappa shape index (κ2) is 6.71. The molecule has 1 aromatic rings. The molecule has 0 fully saturated rings. The molecule has 0 saturated carbocycles. The van der Waals surface area contributed by atoms with E-state index >= 15 is 0 Å². The van der Waals surface area contributed by atoms with Gasteiger partial charge in [-0.15, -0.1) is 0 Å². The van der Waals surface area contributed by atoms with E-state index in [1.54, 1.807) is 0 Å². The van der Waals surface area contributed by atoms with Gasteiger partial charge in [0, 0.05) is 31.8 Å². The first kappa shape index (κ1) is 12.4. The maximum atomic E-state index is 10.6. The van der Waals surface area contributed by atoms with E-state index in [0.717, 1.165) is 11.4 Å². The van der Waals surface area contributed by atoms with Gasteiger partial charge in [0.1, 0.15) is 5.75 Å². The molecule has 1 amide bonds. The Morgan fingerprint density at radius 2 is 2.19 bits per heavy atom. The first-order valence-corrected chi connectivity index (χ1v) is 5.43. The molecule has 0 heterocycles. The predicted molar refractivity (Wildman–Crippen MR) is 64.8 cm³/mol. The average Bonchev–Trinajstić information content (AvgIpc) is 2.25. The van der Waals surface area contributed by atoms with Gasteiger partial charge in [-0.25, -0.2) is 0 Å². The Morgan fingerprint density at radius 3 is 2.88 bits per heavy atom. The lowest BCUT2D eigenvalue weighted by Gasteiger charge is -2.08. The van der Waals surface area contributed by atoms with E-state index in [0.29, 0.717) is 19.7 Å². The van der Waals surface area contributed by atoms with Crippen molar-refractivity contribution in [3.8, 4) is 5.75 Å². The summed E-state index contributed by atoms with van der Waals surface area (Å²) in [7, 11) is 0. The van der Waals surface area contributed by atoms with Crippen molar-refractivity contribution in [1.29, 1.82) is 0 Å². The van der Waals surface area contributed by atoms with E-state index in [9.17, 15) is 4.79 Å². The highest BCUT2D eigenvalue weighted by molar-refractivity contribution is 5.72. The highest BCUT2D eigenvalue weighted by Crippen LogP contribution is 2.16. The quantitative estimate of drug-likeness (QED) is 0.719. The lowest BCUT2D eigenvalue weighted by Crippen LogP contribution is -2.26. The van der Waals surface area contributed by atoms with Crippen LogP contribution in [0.3, 0.4) is 0 Å². The summed E-state index contributed by atoms with van der Waals surface area (Å²) in [4.78, 5) is 10.6. The third-order valence-electron chi connectivity index (χ3n) is 1.97. The van der Waals surface area contributed by atoms with E-state index < -0.39 is 0 Å². The Bertz CT molecular complexity index is 340. The van der Waals surface area contributed by atoms with Gasteiger partial charge in [0.25, 0.3) is 0 Å². The molecule has 1 rings (SSSR count). The summed E-state index contributed by atoms with van der Waals surface area (Å²) in [6.45, 7) is 5.45. The largest absolute Gasteiger partial charge is 0.494 e. The second-order valence-electron chi connectivity index (χ2n) is 3.37. The van der Waals surface area contributed by atoms with Gasteiger partial charge in [0.15, 0.2) is 0 Å². The molecule has 0 spiro atoms. The number of nitrogens with one attached hydrogen (secondary N) is 2. The first-order valence-electron chi connectivity index (χ1n) is 5.43. The van der Waals surface area contributed by atoms with Crippen LogP contribution in [0.25, 0.3) is 0 Å². The van der Waals surface area contributed by atoms with E-state index in [1.807, 2.05) is 31.2 Å². The Morgan fingerprint density at radius 1 is 1.38 bits per heavy atom. The number of hydrogen-bond donors (Lipinski definition) is 2. The summed E-state index contributed by atoms with van der Waals surface area (Å²) in [5.41, 5.74) is 0.997. The fourth-order valence-electron chi connectivity index (χ4n) is 1.31. The Labute approximate surface area is 96.0 Å². The molecule has 0 radical (unpaired) electrons. The van der Waals surface area contributed by atoms with Gasteiger partial charge in [-0.1, -0.05) is 6.07 Å². The summed E-state index contributed by atoms with van der Waals surface area (Å²) in [6, 6.07) is 7.77. The van der Waals surface area contributed by atoms with Crippen LogP contribution in [0.5, 0.6) is 5.75 Å². The van der Waals surface area contributed by atoms with E-state index in [4.69, 9.17) is 4.74 Å². The topological polar surface area (TPSA) is 50.4 Å². The molecule has 0 saturated heterocycles. The molecule has 1 aromatic carbocycles. The smallest absolute Gasteiger partial charge is 0.216 e. The molecule has 0 atom stereocenters. The number of ether oxygens (including phenoxy) is 1. The van der Waals surface area contributed by atoms with Gasteiger partial charge in [0.05, 0.1) is 6.61 Å². The van der Waals surface area contributed by atoms with Crippen molar-refractivity contribution in [2.75, 3.05) is 25.0 Å². The zero-order valence-corrected chi connectivity index (χ0v) is 9.75. The molecule has 4 nitrogen and oxygen atoms in total. The van der Waals surface area contributed by atoms with Gasteiger partial charge < -0.3 is 15.4 Å². The fraction of sp³-hybridized carbons (Fsp3) is 0.417. The fourth-order valence-corrected chi connectivity index (χ4v) is 1.31. The zero-order valence-electron chi connectivity index (χ0n) is 9.75. The van der Waals surface area contributed by atoms with Crippen molar-refractivity contribution < 1.29 is 9.53 Å². The van der Waals surface area contributed by atoms with Crippen molar-refractivity contribution in [3.05, 3.63) is 24.3 Å².